The standard InChI is InChI=1S/C13H21ClN2O/c1-4-11(7-8-14)16-13-12(17-10(2)3)6-5-9-15-13/h5-6,9-11H,4,7-8H2,1-3H3,(H,15,16). The summed E-state index contributed by atoms with van der Waals surface area (Å²) in [4.78, 5) is 4.32. The minimum Gasteiger partial charge on any atom is -0.487 e. The molecule has 1 unspecified atom stereocenters. The molecule has 17 heavy (non-hydrogen) atoms. The van der Waals surface area contributed by atoms with Crippen molar-refractivity contribution in [1.82, 2.24) is 4.98 Å². The third-order valence-electron chi connectivity index (χ3n) is 2.42. The van der Waals surface area contributed by atoms with Crippen LogP contribution in [-0.2, 0) is 0 Å². The Morgan fingerprint density at radius 3 is 2.82 bits per heavy atom. The Morgan fingerprint density at radius 2 is 2.24 bits per heavy atom. The van der Waals surface area contributed by atoms with Gasteiger partial charge in [-0.05, 0) is 38.8 Å². The van der Waals surface area contributed by atoms with E-state index in [0.29, 0.717) is 11.9 Å². The number of hydrogen-bond donors (Lipinski definition) is 1. The fourth-order valence-electron chi connectivity index (χ4n) is 1.55. The molecule has 0 spiro atoms. The molecule has 0 aliphatic carbocycles. The van der Waals surface area contributed by atoms with Crippen molar-refractivity contribution in [2.24, 2.45) is 0 Å². The van der Waals surface area contributed by atoms with E-state index in [1.54, 1.807) is 6.20 Å². The lowest BCUT2D eigenvalue weighted by Crippen LogP contribution is -2.20. The SMILES string of the molecule is CCC(CCCl)Nc1ncccc1OC(C)C. The lowest BCUT2D eigenvalue weighted by atomic mass is 10.2. The molecule has 0 aromatic carbocycles. The van der Waals surface area contributed by atoms with E-state index in [1.165, 1.54) is 0 Å². The van der Waals surface area contributed by atoms with E-state index >= 15 is 0 Å². The number of nitrogens with zero attached hydrogens (tertiary/aromatic N) is 1. The third-order valence-corrected chi connectivity index (χ3v) is 2.64. The number of pyridine rings is 1. The van der Waals surface area contributed by atoms with Crippen LogP contribution in [-0.4, -0.2) is 23.0 Å². The van der Waals surface area contributed by atoms with Crippen LogP contribution in [0.5, 0.6) is 5.75 Å². The number of hydrogen-bond acceptors (Lipinski definition) is 3. The van der Waals surface area contributed by atoms with Crippen LogP contribution in [0.2, 0.25) is 0 Å². The zero-order valence-electron chi connectivity index (χ0n) is 10.7. The Morgan fingerprint density at radius 1 is 1.47 bits per heavy atom. The van der Waals surface area contributed by atoms with Crippen LogP contribution >= 0.6 is 11.6 Å². The van der Waals surface area contributed by atoms with E-state index in [9.17, 15) is 0 Å². The predicted octanol–water partition coefficient (Wildman–Crippen LogP) is 3.69. The number of ether oxygens (including phenoxy) is 1. The van der Waals surface area contributed by atoms with Crippen LogP contribution in [0.15, 0.2) is 18.3 Å². The number of nitrogens with one attached hydrogen (secondary N) is 1. The minimum atomic E-state index is 0.146. The number of anilines is 1. The molecule has 0 aliphatic rings. The first-order valence-corrected chi connectivity index (χ1v) is 6.65. The summed E-state index contributed by atoms with van der Waals surface area (Å²) in [7, 11) is 0. The quantitative estimate of drug-likeness (QED) is 0.756. The van der Waals surface area contributed by atoms with Crippen molar-refractivity contribution in [2.45, 2.75) is 45.8 Å². The van der Waals surface area contributed by atoms with Gasteiger partial charge in [-0.15, -0.1) is 11.6 Å². The smallest absolute Gasteiger partial charge is 0.168 e. The van der Waals surface area contributed by atoms with Crippen LogP contribution in [0.25, 0.3) is 0 Å². The number of aromatic nitrogens is 1. The molecule has 0 radical (unpaired) electrons. The maximum absolute atomic E-state index is 5.77. The highest BCUT2D eigenvalue weighted by molar-refractivity contribution is 6.17. The van der Waals surface area contributed by atoms with Crippen LogP contribution in [0.1, 0.15) is 33.6 Å². The van der Waals surface area contributed by atoms with Crippen molar-refractivity contribution in [3.8, 4) is 5.75 Å². The summed E-state index contributed by atoms with van der Waals surface area (Å²) in [6.45, 7) is 6.15. The van der Waals surface area contributed by atoms with Crippen LogP contribution < -0.4 is 10.1 Å². The first-order valence-electron chi connectivity index (χ1n) is 6.11. The Labute approximate surface area is 109 Å². The first kappa shape index (κ1) is 14.1. The fourth-order valence-corrected chi connectivity index (χ4v) is 1.81. The van der Waals surface area contributed by atoms with E-state index in [0.717, 1.165) is 24.4 Å². The molecule has 0 saturated carbocycles. The molecule has 0 amide bonds. The molecule has 1 rings (SSSR count). The van der Waals surface area contributed by atoms with E-state index in [1.807, 2.05) is 26.0 Å². The minimum absolute atomic E-state index is 0.146. The molecule has 0 saturated heterocycles. The number of alkyl halides is 1. The Hall–Kier alpha value is -0.960. The van der Waals surface area contributed by atoms with Gasteiger partial charge in [0, 0.05) is 18.1 Å². The van der Waals surface area contributed by atoms with Gasteiger partial charge in [0.05, 0.1) is 6.10 Å². The Bertz CT molecular complexity index is 331. The summed E-state index contributed by atoms with van der Waals surface area (Å²) < 4.78 is 5.71. The van der Waals surface area contributed by atoms with Gasteiger partial charge >= 0.3 is 0 Å². The van der Waals surface area contributed by atoms with Crippen molar-refractivity contribution in [3.05, 3.63) is 18.3 Å². The lowest BCUT2D eigenvalue weighted by Gasteiger charge is -2.19. The third kappa shape index (κ3) is 4.82. The van der Waals surface area contributed by atoms with Gasteiger partial charge in [0.25, 0.3) is 0 Å². The zero-order chi connectivity index (χ0) is 12.7. The summed E-state index contributed by atoms with van der Waals surface area (Å²) in [6, 6.07) is 4.16. The summed E-state index contributed by atoms with van der Waals surface area (Å²) in [6.07, 6.45) is 3.86. The molecule has 3 nitrogen and oxygen atoms in total. The van der Waals surface area contributed by atoms with Crippen LogP contribution in [0.3, 0.4) is 0 Å². The molecule has 1 aromatic rings. The highest BCUT2D eigenvalue weighted by Crippen LogP contribution is 2.23. The van der Waals surface area contributed by atoms with Crippen molar-refractivity contribution < 1.29 is 4.74 Å². The van der Waals surface area contributed by atoms with Gasteiger partial charge in [0.15, 0.2) is 11.6 Å². The fraction of sp³-hybridized carbons (Fsp3) is 0.615. The van der Waals surface area contributed by atoms with Gasteiger partial charge < -0.3 is 10.1 Å². The number of rotatable bonds is 7. The highest BCUT2D eigenvalue weighted by atomic mass is 35.5. The second-order valence-electron chi connectivity index (χ2n) is 4.24. The molecule has 0 bridgehead atoms. The molecule has 1 atom stereocenters. The summed E-state index contributed by atoms with van der Waals surface area (Å²) >= 11 is 5.77. The van der Waals surface area contributed by atoms with E-state index in [4.69, 9.17) is 16.3 Å². The molecular weight excluding hydrogens is 236 g/mol. The normalized spacial score (nSPS) is 12.5. The zero-order valence-corrected chi connectivity index (χ0v) is 11.5. The first-order chi connectivity index (χ1) is 8.17. The summed E-state index contributed by atoms with van der Waals surface area (Å²) in [5, 5.41) is 3.38. The van der Waals surface area contributed by atoms with Gasteiger partial charge in [0.1, 0.15) is 0 Å². The second-order valence-corrected chi connectivity index (χ2v) is 4.62. The predicted molar refractivity (Wildman–Crippen MR) is 73.0 cm³/mol. The van der Waals surface area contributed by atoms with Crippen LogP contribution in [0.4, 0.5) is 5.82 Å². The highest BCUT2D eigenvalue weighted by Gasteiger charge is 2.11. The van der Waals surface area contributed by atoms with E-state index in [-0.39, 0.29) is 6.10 Å². The maximum Gasteiger partial charge on any atom is 0.168 e. The van der Waals surface area contributed by atoms with Gasteiger partial charge in [0.2, 0.25) is 0 Å². The Kier molecular flexibility index (Phi) is 6.12. The molecular formula is C13H21ClN2O. The van der Waals surface area contributed by atoms with Crippen LogP contribution in [0, 0.1) is 0 Å². The van der Waals surface area contributed by atoms with Gasteiger partial charge in [-0.1, -0.05) is 6.92 Å². The Balaban J connectivity index is 2.74. The average molecular weight is 257 g/mol. The van der Waals surface area contributed by atoms with Gasteiger partial charge in [-0.25, -0.2) is 4.98 Å². The number of halogens is 1. The second kappa shape index (κ2) is 7.38. The molecule has 1 heterocycles. The van der Waals surface area contributed by atoms with Gasteiger partial charge in [-0.3, -0.25) is 0 Å². The summed E-state index contributed by atoms with van der Waals surface area (Å²) in [5.74, 6) is 2.26. The topological polar surface area (TPSA) is 34.2 Å². The van der Waals surface area contributed by atoms with Crippen molar-refractivity contribution in [1.29, 1.82) is 0 Å². The van der Waals surface area contributed by atoms with E-state index < -0.39 is 0 Å². The monoisotopic (exact) mass is 256 g/mol. The van der Waals surface area contributed by atoms with Gasteiger partial charge in [-0.2, -0.15) is 0 Å². The van der Waals surface area contributed by atoms with Crippen molar-refractivity contribution >= 4 is 17.4 Å². The molecule has 1 aromatic heterocycles. The molecule has 4 heteroatoms. The lowest BCUT2D eigenvalue weighted by molar-refractivity contribution is 0.242. The molecule has 0 aliphatic heterocycles. The van der Waals surface area contributed by atoms with E-state index in [2.05, 4.69) is 17.2 Å². The van der Waals surface area contributed by atoms with Crippen molar-refractivity contribution in [2.75, 3.05) is 11.2 Å². The average Bonchev–Trinajstić information content (AvgIpc) is 2.30. The molecule has 96 valence electrons. The van der Waals surface area contributed by atoms with Crippen molar-refractivity contribution in [3.63, 3.8) is 0 Å². The summed E-state index contributed by atoms with van der Waals surface area (Å²) in [5.41, 5.74) is 0. The molecule has 0 fully saturated rings. The molecule has 1 N–H and O–H groups in total. The largest absolute Gasteiger partial charge is 0.487 e. The maximum atomic E-state index is 5.77.